The first-order valence-electron chi connectivity index (χ1n) is 4.27. The molecule has 0 aromatic heterocycles. The Kier molecular flexibility index (Phi) is 3.68. The van der Waals surface area contributed by atoms with Crippen LogP contribution in [0.15, 0.2) is 18.2 Å². The van der Waals surface area contributed by atoms with Crippen LogP contribution in [0.25, 0.3) is 0 Å². The van der Waals surface area contributed by atoms with Gasteiger partial charge >= 0.3 is 0 Å². The minimum atomic E-state index is -0.138. The average molecular weight is 227 g/mol. The fourth-order valence-electron chi connectivity index (χ4n) is 1.09. The second-order valence-electron chi connectivity index (χ2n) is 3.16. The van der Waals surface area contributed by atoms with Gasteiger partial charge < -0.3 is 10.2 Å². The molecule has 0 saturated carbocycles. The quantitative estimate of drug-likeness (QED) is 0.797. The van der Waals surface area contributed by atoms with Gasteiger partial charge in [-0.2, -0.15) is 0 Å². The zero-order chi connectivity index (χ0) is 11.4. The van der Waals surface area contributed by atoms with Crippen LogP contribution >= 0.6 is 11.6 Å². The van der Waals surface area contributed by atoms with Crippen LogP contribution in [0.1, 0.15) is 10.4 Å². The monoisotopic (exact) mass is 226 g/mol. The highest BCUT2D eigenvalue weighted by Crippen LogP contribution is 2.22. The van der Waals surface area contributed by atoms with Crippen LogP contribution in [0, 0.1) is 0 Å². The largest absolute Gasteiger partial charge is 0.345 e. The molecule has 0 aliphatic heterocycles. The maximum Gasteiger partial charge on any atom is 0.253 e. The SMILES string of the molecule is CN(C)C(=O)c1ccc(Cl)c(NC=O)c1. The van der Waals surface area contributed by atoms with Gasteiger partial charge in [-0.05, 0) is 18.2 Å². The third-order valence-corrected chi connectivity index (χ3v) is 2.16. The van der Waals surface area contributed by atoms with Crippen LogP contribution in [-0.2, 0) is 4.79 Å². The molecule has 0 heterocycles. The molecule has 80 valence electrons. The highest BCUT2D eigenvalue weighted by atomic mass is 35.5. The van der Waals surface area contributed by atoms with Crippen LogP contribution in [0.5, 0.6) is 0 Å². The van der Waals surface area contributed by atoms with E-state index < -0.39 is 0 Å². The number of rotatable bonds is 3. The van der Waals surface area contributed by atoms with Gasteiger partial charge in [0.15, 0.2) is 0 Å². The van der Waals surface area contributed by atoms with Gasteiger partial charge in [0.2, 0.25) is 6.41 Å². The van der Waals surface area contributed by atoms with Crippen molar-refractivity contribution < 1.29 is 9.59 Å². The zero-order valence-electron chi connectivity index (χ0n) is 8.45. The van der Waals surface area contributed by atoms with E-state index >= 15 is 0 Å². The molecule has 4 nitrogen and oxygen atoms in total. The van der Waals surface area contributed by atoms with Gasteiger partial charge in [-0.15, -0.1) is 0 Å². The molecule has 0 fully saturated rings. The molecule has 0 radical (unpaired) electrons. The Bertz CT molecular complexity index is 391. The molecular weight excluding hydrogens is 216 g/mol. The molecule has 5 heteroatoms. The minimum absolute atomic E-state index is 0.138. The summed E-state index contributed by atoms with van der Waals surface area (Å²) in [6.45, 7) is 0. The summed E-state index contributed by atoms with van der Waals surface area (Å²) in [6, 6.07) is 4.73. The van der Waals surface area contributed by atoms with Crippen molar-refractivity contribution in [3.8, 4) is 0 Å². The Morgan fingerprint density at radius 1 is 1.47 bits per heavy atom. The van der Waals surface area contributed by atoms with Crippen molar-refractivity contribution in [2.45, 2.75) is 0 Å². The predicted octanol–water partition coefficient (Wildman–Crippen LogP) is 1.61. The lowest BCUT2D eigenvalue weighted by Crippen LogP contribution is -2.21. The molecular formula is C10H11ClN2O2. The molecule has 0 bridgehead atoms. The number of anilines is 1. The number of hydrogen-bond acceptors (Lipinski definition) is 2. The van der Waals surface area contributed by atoms with Crippen molar-refractivity contribution in [3.63, 3.8) is 0 Å². The second-order valence-corrected chi connectivity index (χ2v) is 3.56. The van der Waals surface area contributed by atoms with Crippen molar-refractivity contribution in [2.24, 2.45) is 0 Å². The van der Waals surface area contributed by atoms with Crippen LogP contribution in [-0.4, -0.2) is 31.3 Å². The molecule has 0 aliphatic carbocycles. The third kappa shape index (κ3) is 2.70. The van der Waals surface area contributed by atoms with Gasteiger partial charge in [-0.1, -0.05) is 11.6 Å². The van der Waals surface area contributed by atoms with Crippen LogP contribution in [0.4, 0.5) is 5.69 Å². The smallest absolute Gasteiger partial charge is 0.253 e. The van der Waals surface area contributed by atoms with Crippen LogP contribution in [0.2, 0.25) is 5.02 Å². The van der Waals surface area contributed by atoms with E-state index in [1.165, 1.54) is 4.90 Å². The Balaban J connectivity index is 3.06. The predicted molar refractivity (Wildman–Crippen MR) is 59.2 cm³/mol. The highest BCUT2D eigenvalue weighted by molar-refractivity contribution is 6.33. The summed E-state index contributed by atoms with van der Waals surface area (Å²) in [7, 11) is 3.31. The standard InChI is InChI=1S/C10H11ClN2O2/c1-13(2)10(15)7-3-4-8(11)9(5-7)12-6-14/h3-6H,1-2H3,(H,12,14). The van der Waals surface area contributed by atoms with E-state index in [4.69, 9.17) is 11.6 Å². The summed E-state index contributed by atoms with van der Waals surface area (Å²) in [6.07, 6.45) is 0.519. The summed E-state index contributed by atoms with van der Waals surface area (Å²) in [4.78, 5) is 23.3. The van der Waals surface area contributed by atoms with Crippen molar-refractivity contribution in [1.29, 1.82) is 0 Å². The molecule has 1 N–H and O–H groups in total. The van der Waals surface area contributed by atoms with Gasteiger partial charge in [-0.25, -0.2) is 0 Å². The maximum absolute atomic E-state index is 11.6. The second kappa shape index (κ2) is 4.79. The fourth-order valence-corrected chi connectivity index (χ4v) is 1.26. The number of hydrogen-bond donors (Lipinski definition) is 1. The molecule has 0 saturated heterocycles. The Morgan fingerprint density at radius 2 is 2.13 bits per heavy atom. The number of halogens is 1. The van der Waals surface area contributed by atoms with E-state index in [0.29, 0.717) is 22.7 Å². The number of nitrogens with zero attached hydrogens (tertiary/aromatic N) is 1. The lowest BCUT2D eigenvalue weighted by molar-refractivity contribution is -0.105. The first-order valence-corrected chi connectivity index (χ1v) is 4.65. The van der Waals surface area contributed by atoms with Crippen molar-refractivity contribution in [3.05, 3.63) is 28.8 Å². The molecule has 15 heavy (non-hydrogen) atoms. The van der Waals surface area contributed by atoms with Gasteiger partial charge in [0.1, 0.15) is 0 Å². The minimum Gasteiger partial charge on any atom is -0.345 e. The van der Waals surface area contributed by atoms with E-state index in [1.807, 2.05) is 0 Å². The van der Waals surface area contributed by atoms with Crippen molar-refractivity contribution in [1.82, 2.24) is 4.90 Å². The topological polar surface area (TPSA) is 49.4 Å². The number of nitrogens with one attached hydrogen (secondary N) is 1. The molecule has 1 rings (SSSR count). The summed E-state index contributed by atoms with van der Waals surface area (Å²) in [5.41, 5.74) is 0.910. The number of carbonyl (C=O) groups is 2. The number of benzene rings is 1. The van der Waals surface area contributed by atoms with Gasteiger partial charge in [0.25, 0.3) is 5.91 Å². The number of amides is 2. The van der Waals surface area contributed by atoms with E-state index in [0.717, 1.165) is 0 Å². The van der Waals surface area contributed by atoms with Crippen molar-refractivity contribution >= 4 is 29.6 Å². The lowest BCUT2D eigenvalue weighted by Gasteiger charge is -2.11. The Labute approximate surface area is 92.8 Å². The van der Waals surface area contributed by atoms with Gasteiger partial charge in [0.05, 0.1) is 10.7 Å². The van der Waals surface area contributed by atoms with E-state index in [2.05, 4.69) is 5.32 Å². The molecule has 0 atom stereocenters. The van der Waals surface area contributed by atoms with E-state index in [1.54, 1.807) is 32.3 Å². The third-order valence-electron chi connectivity index (χ3n) is 1.83. The van der Waals surface area contributed by atoms with Gasteiger partial charge in [-0.3, -0.25) is 9.59 Å². The van der Waals surface area contributed by atoms with Crippen LogP contribution < -0.4 is 5.32 Å². The maximum atomic E-state index is 11.6. The van der Waals surface area contributed by atoms with E-state index in [-0.39, 0.29) is 5.91 Å². The fraction of sp³-hybridized carbons (Fsp3) is 0.200. The molecule has 0 spiro atoms. The highest BCUT2D eigenvalue weighted by Gasteiger charge is 2.09. The molecule has 0 aliphatic rings. The first kappa shape index (κ1) is 11.5. The summed E-state index contributed by atoms with van der Waals surface area (Å²) in [5, 5.41) is 2.83. The molecule has 1 aromatic carbocycles. The van der Waals surface area contributed by atoms with Crippen LogP contribution in [0.3, 0.4) is 0 Å². The number of carbonyl (C=O) groups excluding carboxylic acids is 2. The Morgan fingerprint density at radius 3 is 2.67 bits per heavy atom. The Hall–Kier alpha value is -1.55. The zero-order valence-corrected chi connectivity index (χ0v) is 9.21. The van der Waals surface area contributed by atoms with Gasteiger partial charge in [0, 0.05) is 19.7 Å². The lowest BCUT2D eigenvalue weighted by atomic mass is 10.2. The molecule has 2 amide bonds. The summed E-state index contributed by atoms with van der Waals surface area (Å²) in [5.74, 6) is -0.138. The normalized spacial score (nSPS) is 9.53. The van der Waals surface area contributed by atoms with E-state index in [9.17, 15) is 9.59 Å². The first-order chi connectivity index (χ1) is 7.06. The average Bonchev–Trinajstić information content (AvgIpc) is 2.20. The molecule has 0 unspecified atom stereocenters. The summed E-state index contributed by atoms with van der Waals surface area (Å²) >= 11 is 5.81. The van der Waals surface area contributed by atoms with Crippen molar-refractivity contribution in [2.75, 3.05) is 19.4 Å². The summed E-state index contributed by atoms with van der Waals surface area (Å²) < 4.78 is 0. The molecule has 1 aromatic rings.